The number of nitriles is 1. The third-order valence-corrected chi connectivity index (χ3v) is 4.85. The van der Waals surface area contributed by atoms with Crippen LogP contribution in [0.15, 0.2) is 35.3 Å². The van der Waals surface area contributed by atoms with Crippen LogP contribution in [0.2, 0.25) is 10.0 Å². The van der Waals surface area contributed by atoms with Crippen molar-refractivity contribution in [2.75, 3.05) is 25.2 Å². The first-order valence-corrected chi connectivity index (χ1v) is 11.3. The molecule has 0 fully saturated rings. The molecule has 0 aliphatic carbocycles. The van der Waals surface area contributed by atoms with Gasteiger partial charge in [0.15, 0.2) is 5.75 Å². The lowest BCUT2D eigenvalue weighted by atomic mass is 10.1. The van der Waals surface area contributed by atoms with Gasteiger partial charge in [0.2, 0.25) is 5.91 Å². The van der Waals surface area contributed by atoms with E-state index in [1.54, 1.807) is 19.9 Å². The number of anilines is 1. The summed E-state index contributed by atoms with van der Waals surface area (Å²) < 4.78 is 16.3. The van der Waals surface area contributed by atoms with Gasteiger partial charge in [-0.25, -0.2) is 10.2 Å². The zero-order valence-electron chi connectivity index (χ0n) is 19.3. The lowest BCUT2D eigenvalue weighted by Gasteiger charge is -2.15. The van der Waals surface area contributed by atoms with Crippen LogP contribution in [0.4, 0.5) is 10.5 Å². The normalized spacial score (nSPS) is 11.1. The van der Waals surface area contributed by atoms with Crippen LogP contribution in [0, 0.1) is 17.2 Å². The molecule has 0 radical (unpaired) electrons. The monoisotopic (exact) mass is 539 g/mol. The lowest BCUT2D eigenvalue weighted by molar-refractivity contribution is -0.143. The number of amides is 2. The van der Waals surface area contributed by atoms with Crippen molar-refractivity contribution in [3.05, 3.63) is 50.9 Å². The number of alkyl carbamates (subject to hydrolysis) is 1. The Bertz CT molecular complexity index is 1190. The van der Waals surface area contributed by atoms with Gasteiger partial charge in [-0.1, -0.05) is 23.2 Å². The highest BCUT2D eigenvalue weighted by Crippen LogP contribution is 2.38. The predicted molar refractivity (Wildman–Crippen MR) is 130 cm³/mol. The number of ether oxygens (including phenoxy) is 3. The summed E-state index contributed by atoms with van der Waals surface area (Å²) in [5.74, 6) is -2.30. The van der Waals surface area contributed by atoms with E-state index < -0.39 is 29.4 Å². The summed E-state index contributed by atoms with van der Waals surface area (Å²) in [5.41, 5.74) is 5.38. The number of benzene rings is 1. The summed E-state index contributed by atoms with van der Waals surface area (Å²) in [4.78, 5) is 47.0. The number of hydrogen-bond acceptors (Lipinski definition) is 10. The van der Waals surface area contributed by atoms with Crippen molar-refractivity contribution < 1.29 is 28.6 Å². The number of carbonyl (C=O) groups excluding carboxylic acids is 3. The van der Waals surface area contributed by atoms with Crippen molar-refractivity contribution in [1.29, 1.82) is 5.26 Å². The molecule has 1 heterocycles. The number of hydrogen-bond donors (Lipinski definition) is 3. The molecule has 1 unspecified atom stereocenters. The molecule has 1 aromatic carbocycles. The van der Waals surface area contributed by atoms with E-state index in [2.05, 4.69) is 15.6 Å². The molecule has 14 heteroatoms. The van der Waals surface area contributed by atoms with Gasteiger partial charge in [-0.3, -0.25) is 19.7 Å². The van der Waals surface area contributed by atoms with E-state index in [0.29, 0.717) is 5.69 Å². The van der Waals surface area contributed by atoms with Gasteiger partial charge >= 0.3 is 12.1 Å². The maximum absolute atomic E-state index is 12.0. The Morgan fingerprint density at radius 2 is 1.78 bits per heavy atom. The smallest absolute Gasteiger partial charge is 0.413 e. The van der Waals surface area contributed by atoms with Crippen molar-refractivity contribution in [2.45, 2.75) is 20.4 Å². The molecule has 0 saturated heterocycles. The third kappa shape index (κ3) is 8.46. The van der Waals surface area contributed by atoms with E-state index in [-0.39, 0.29) is 47.8 Å². The molecule has 36 heavy (non-hydrogen) atoms. The molecule has 2 rings (SSSR count). The molecule has 1 aromatic heterocycles. The summed E-state index contributed by atoms with van der Waals surface area (Å²) >= 11 is 12.6. The third-order valence-electron chi connectivity index (χ3n) is 4.29. The van der Waals surface area contributed by atoms with E-state index in [4.69, 9.17) is 32.7 Å². The van der Waals surface area contributed by atoms with E-state index >= 15 is 0 Å². The van der Waals surface area contributed by atoms with Crippen LogP contribution in [-0.4, -0.2) is 42.3 Å². The molecule has 0 aliphatic heterocycles. The first kappa shape index (κ1) is 28.4. The molecule has 0 saturated carbocycles. The average molecular weight is 540 g/mol. The second kappa shape index (κ2) is 13.9. The highest BCUT2D eigenvalue weighted by molar-refractivity contribution is 6.37. The molecule has 0 spiro atoms. The van der Waals surface area contributed by atoms with Crippen molar-refractivity contribution in [1.82, 2.24) is 15.3 Å². The first-order chi connectivity index (χ1) is 17.2. The largest absolute Gasteiger partial charge is 0.465 e. The standard InChI is InChI=1S/C22H23Cl2N5O7/c1-3-34-19(31)12-29-11-15(5-6-18(29)30)36-20-16(23)7-14(8-17(20)24)28-26-10-13(9-25)21(32)27-22(33)35-4-2/h5-8,11,13,26,28H,3-4,10,12H2,1-2H3,(H,27,32,33). The highest BCUT2D eigenvalue weighted by atomic mass is 35.5. The molecule has 1 atom stereocenters. The summed E-state index contributed by atoms with van der Waals surface area (Å²) in [7, 11) is 0. The van der Waals surface area contributed by atoms with Crippen LogP contribution in [0.5, 0.6) is 11.5 Å². The summed E-state index contributed by atoms with van der Waals surface area (Å²) in [6, 6.07) is 7.32. The van der Waals surface area contributed by atoms with Gasteiger partial charge in [-0.15, -0.1) is 0 Å². The second-order valence-electron chi connectivity index (χ2n) is 6.90. The molecule has 0 bridgehead atoms. The molecule has 192 valence electrons. The van der Waals surface area contributed by atoms with Crippen molar-refractivity contribution in [2.24, 2.45) is 5.92 Å². The van der Waals surface area contributed by atoms with Crippen LogP contribution in [-0.2, 0) is 25.6 Å². The predicted octanol–water partition coefficient (Wildman–Crippen LogP) is 2.84. The fourth-order valence-corrected chi connectivity index (χ4v) is 3.26. The summed E-state index contributed by atoms with van der Waals surface area (Å²) in [6.07, 6.45) is 0.379. The van der Waals surface area contributed by atoms with E-state index in [1.165, 1.54) is 30.5 Å². The zero-order valence-corrected chi connectivity index (χ0v) is 20.8. The number of rotatable bonds is 11. The molecular weight excluding hydrogens is 517 g/mol. The second-order valence-corrected chi connectivity index (χ2v) is 7.72. The zero-order chi connectivity index (χ0) is 26.7. The number of pyridine rings is 1. The van der Waals surface area contributed by atoms with Crippen LogP contribution in [0.3, 0.4) is 0 Å². The van der Waals surface area contributed by atoms with E-state index in [9.17, 15) is 24.4 Å². The number of imide groups is 1. The number of hydrazine groups is 1. The van der Waals surface area contributed by atoms with Gasteiger partial charge in [-0.2, -0.15) is 5.26 Å². The minimum Gasteiger partial charge on any atom is -0.465 e. The minimum absolute atomic E-state index is 0.0783. The minimum atomic E-state index is -1.19. The topological polar surface area (TPSA) is 161 Å². The highest BCUT2D eigenvalue weighted by Gasteiger charge is 2.20. The Hall–Kier alpha value is -3.79. The first-order valence-electron chi connectivity index (χ1n) is 10.6. The summed E-state index contributed by atoms with van der Waals surface area (Å²) in [5, 5.41) is 11.3. The Kier molecular flexibility index (Phi) is 11.0. The number of halogens is 2. The van der Waals surface area contributed by atoms with Crippen molar-refractivity contribution in [3.8, 4) is 17.6 Å². The van der Waals surface area contributed by atoms with Gasteiger partial charge in [0.05, 0.1) is 41.2 Å². The van der Waals surface area contributed by atoms with Gasteiger partial charge in [0.25, 0.3) is 5.56 Å². The maximum Gasteiger partial charge on any atom is 0.413 e. The molecule has 0 aliphatic rings. The Morgan fingerprint density at radius 1 is 1.11 bits per heavy atom. The molecule has 2 amide bonds. The Balaban J connectivity index is 2.04. The van der Waals surface area contributed by atoms with Crippen LogP contribution < -0.4 is 26.5 Å². The van der Waals surface area contributed by atoms with Crippen LogP contribution in [0.1, 0.15) is 13.8 Å². The summed E-state index contributed by atoms with van der Waals surface area (Å²) in [6.45, 7) is 3.05. The number of esters is 1. The Morgan fingerprint density at radius 3 is 2.39 bits per heavy atom. The van der Waals surface area contributed by atoms with Gasteiger partial charge in [0, 0.05) is 12.6 Å². The number of aromatic nitrogens is 1. The van der Waals surface area contributed by atoms with Crippen molar-refractivity contribution >= 4 is 46.9 Å². The SMILES string of the molecule is CCOC(=O)Cn1cc(Oc2c(Cl)cc(NNCC(C#N)C(=O)NC(=O)OCC)cc2Cl)ccc1=O. The number of carbonyl (C=O) groups is 3. The lowest BCUT2D eigenvalue weighted by Crippen LogP contribution is -2.40. The number of nitrogens with one attached hydrogen (secondary N) is 3. The molecule has 2 aromatic rings. The van der Waals surface area contributed by atoms with Gasteiger partial charge < -0.3 is 24.2 Å². The van der Waals surface area contributed by atoms with Crippen molar-refractivity contribution in [3.63, 3.8) is 0 Å². The quantitative estimate of drug-likeness (QED) is 0.286. The van der Waals surface area contributed by atoms with E-state index in [0.717, 1.165) is 4.57 Å². The average Bonchev–Trinajstić information content (AvgIpc) is 2.81. The van der Waals surface area contributed by atoms with Crippen LogP contribution >= 0.6 is 23.2 Å². The molecular formula is C22H23Cl2N5O7. The number of nitrogens with zero attached hydrogens (tertiary/aromatic N) is 2. The Labute approximate surface area is 216 Å². The molecule has 12 nitrogen and oxygen atoms in total. The van der Waals surface area contributed by atoms with E-state index in [1.807, 2.05) is 5.32 Å². The maximum atomic E-state index is 12.0. The van der Waals surface area contributed by atoms with Crippen LogP contribution in [0.25, 0.3) is 0 Å². The van der Waals surface area contributed by atoms with Gasteiger partial charge in [0.1, 0.15) is 18.2 Å². The molecule has 3 N–H and O–H groups in total. The fourth-order valence-electron chi connectivity index (χ4n) is 2.69. The fraction of sp³-hybridized carbons (Fsp3) is 0.318. The van der Waals surface area contributed by atoms with Gasteiger partial charge in [-0.05, 0) is 32.0 Å².